The second-order valence-electron chi connectivity index (χ2n) is 2.81. The minimum absolute atomic E-state index is 0.264. The van der Waals surface area contributed by atoms with Crippen LogP contribution in [0.25, 0.3) is 0 Å². The van der Waals surface area contributed by atoms with Crippen LogP contribution in [0.4, 0.5) is 0 Å². The summed E-state index contributed by atoms with van der Waals surface area (Å²) in [6.07, 6.45) is 0.200. The molecule has 0 aromatic rings. The molecule has 1 rings (SSSR count). The molecule has 4 N–H and O–H groups in total. The summed E-state index contributed by atoms with van der Waals surface area (Å²) in [5.41, 5.74) is 4.79. The molecule has 0 aliphatic heterocycles. The maximum Gasteiger partial charge on any atom is 0.333 e. The van der Waals surface area contributed by atoms with E-state index in [9.17, 15) is 4.79 Å². The molecule has 10 heavy (non-hydrogen) atoms. The molecule has 0 aromatic heterocycles. The lowest BCUT2D eigenvalue weighted by Gasteiger charge is -2.14. The molecule has 1 atom stereocenters. The first-order chi connectivity index (χ1) is 4.62. The van der Waals surface area contributed by atoms with Gasteiger partial charge in [-0.3, -0.25) is 0 Å². The molecular formula is C6H11NO3. The number of aliphatic hydroxyl groups excluding tert-OH is 1. The van der Waals surface area contributed by atoms with E-state index < -0.39 is 17.5 Å². The van der Waals surface area contributed by atoms with Crippen molar-refractivity contribution in [2.75, 3.05) is 6.54 Å². The Labute approximate surface area is 58.6 Å². The molecule has 58 valence electrons. The third-order valence-electron chi connectivity index (χ3n) is 2.11. The number of hydrogen-bond acceptors (Lipinski definition) is 3. The fourth-order valence-electron chi connectivity index (χ4n) is 1.01. The summed E-state index contributed by atoms with van der Waals surface area (Å²) < 4.78 is 0. The monoisotopic (exact) mass is 145 g/mol. The molecule has 1 fully saturated rings. The van der Waals surface area contributed by atoms with Crippen LogP contribution in [0.2, 0.25) is 0 Å². The van der Waals surface area contributed by atoms with Crippen molar-refractivity contribution in [1.29, 1.82) is 0 Å². The Morgan fingerprint density at radius 1 is 1.70 bits per heavy atom. The van der Waals surface area contributed by atoms with E-state index in [4.69, 9.17) is 15.9 Å². The van der Waals surface area contributed by atoms with E-state index in [2.05, 4.69) is 0 Å². The number of rotatable bonds is 3. The topological polar surface area (TPSA) is 83.5 Å². The van der Waals surface area contributed by atoms with Gasteiger partial charge >= 0.3 is 5.97 Å². The van der Waals surface area contributed by atoms with Crippen molar-refractivity contribution in [3.8, 4) is 0 Å². The lowest BCUT2D eigenvalue weighted by molar-refractivity contribution is -0.150. The second kappa shape index (κ2) is 2.21. The van der Waals surface area contributed by atoms with Crippen LogP contribution in [-0.4, -0.2) is 28.8 Å². The number of carboxylic acid groups (broad SMARTS) is 1. The lowest BCUT2D eigenvalue weighted by atomic mass is 10.00. The van der Waals surface area contributed by atoms with Gasteiger partial charge in [0.2, 0.25) is 0 Å². The quantitative estimate of drug-likeness (QED) is 0.484. The first kappa shape index (κ1) is 7.50. The standard InChI is InChI=1S/C6H11NO3/c7-3-6(1-2-6)4(8)5(9)10/h4,8H,1-3,7H2,(H,9,10). The van der Waals surface area contributed by atoms with Crippen LogP contribution in [0.3, 0.4) is 0 Å². The van der Waals surface area contributed by atoms with Gasteiger partial charge in [0.1, 0.15) is 0 Å². The zero-order valence-corrected chi connectivity index (χ0v) is 5.58. The van der Waals surface area contributed by atoms with Crippen LogP contribution < -0.4 is 5.73 Å². The number of hydrogen-bond donors (Lipinski definition) is 3. The molecule has 0 saturated heterocycles. The van der Waals surface area contributed by atoms with Gasteiger partial charge in [-0.2, -0.15) is 0 Å². The predicted molar refractivity (Wildman–Crippen MR) is 34.4 cm³/mol. The number of nitrogens with two attached hydrogens (primary N) is 1. The molecule has 1 saturated carbocycles. The SMILES string of the molecule is NCC1(C(O)C(=O)O)CC1. The number of aliphatic hydroxyl groups is 1. The van der Waals surface area contributed by atoms with Gasteiger partial charge in [0.25, 0.3) is 0 Å². The summed E-state index contributed by atoms with van der Waals surface area (Å²) in [6, 6.07) is 0. The van der Waals surface area contributed by atoms with Gasteiger partial charge in [-0.25, -0.2) is 4.79 Å². The number of carboxylic acids is 1. The van der Waals surface area contributed by atoms with Gasteiger partial charge in [0.15, 0.2) is 6.10 Å². The highest BCUT2D eigenvalue weighted by molar-refractivity contribution is 5.73. The van der Waals surface area contributed by atoms with E-state index in [1.165, 1.54) is 0 Å². The van der Waals surface area contributed by atoms with Crippen molar-refractivity contribution >= 4 is 5.97 Å². The Morgan fingerprint density at radius 2 is 2.20 bits per heavy atom. The highest BCUT2D eigenvalue weighted by atomic mass is 16.4. The average molecular weight is 145 g/mol. The summed E-state index contributed by atoms with van der Waals surface area (Å²) >= 11 is 0. The smallest absolute Gasteiger partial charge is 0.333 e. The lowest BCUT2D eigenvalue weighted by Crippen LogP contribution is -2.35. The zero-order chi connectivity index (χ0) is 7.78. The Balaban J connectivity index is 2.55. The largest absolute Gasteiger partial charge is 0.479 e. The van der Waals surface area contributed by atoms with Crippen molar-refractivity contribution < 1.29 is 15.0 Å². The Hall–Kier alpha value is -0.610. The highest BCUT2D eigenvalue weighted by Gasteiger charge is 2.50. The van der Waals surface area contributed by atoms with Gasteiger partial charge in [0, 0.05) is 12.0 Å². The van der Waals surface area contributed by atoms with Crippen LogP contribution in [0.5, 0.6) is 0 Å². The van der Waals surface area contributed by atoms with E-state index in [1.54, 1.807) is 0 Å². The molecule has 1 aliphatic rings. The summed E-state index contributed by atoms with van der Waals surface area (Å²) in [7, 11) is 0. The van der Waals surface area contributed by atoms with Gasteiger partial charge in [0.05, 0.1) is 0 Å². The Bertz CT molecular complexity index is 153. The van der Waals surface area contributed by atoms with Gasteiger partial charge < -0.3 is 15.9 Å². The maximum atomic E-state index is 10.2. The fourth-order valence-corrected chi connectivity index (χ4v) is 1.01. The molecular weight excluding hydrogens is 134 g/mol. The molecule has 0 amide bonds. The molecule has 4 nitrogen and oxygen atoms in total. The first-order valence-electron chi connectivity index (χ1n) is 3.23. The summed E-state index contributed by atoms with van der Waals surface area (Å²) in [4.78, 5) is 10.2. The van der Waals surface area contributed by atoms with Gasteiger partial charge in [-0.1, -0.05) is 0 Å². The van der Waals surface area contributed by atoms with E-state index >= 15 is 0 Å². The van der Waals surface area contributed by atoms with Crippen molar-refractivity contribution in [2.24, 2.45) is 11.1 Å². The van der Waals surface area contributed by atoms with Crippen LogP contribution >= 0.6 is 0 Å². The number of aliphatic carboxylic acids is 1. The van der Waals surface area contributed by atoms with E-state index in [-0.39, 0.29) is 6.54 Å². The van der Waals surface area contributed by atoms with Crippen LogP contribution in [0, 0.1) is 5.41 Å². The average Bonchev–Trinajstić information content (AvgIpc) is 2.66. The van der Waals surface area contributed by atoms with E-state index in [1.807, 2.05) is 0 Å². The van der Waals surface area contributed by atoms with Crippen molar-refractivity contribution in [3.05, 3.63) is 0 Å². The summed E-state index contributed by atoms with van der Waals surface area (Å²) in [6.45, 7) is 0.264. The van der Waals surface area contributed by atoms with Crippen LogP contribution in [0.15, 0.2) is 0 Å². The fraction of sp³-hybridized carbons (Fsp3) is 0.833. The maximum absolute atomic E-state index is 10.2. The van der Waals surface area contributed by atoms with E-state index in [0.717, 1.165) is 12.8 Å². The molecule has 0 heterocycles. The first-order valence-corrected chi connectivity index (χ1v) is 3.23. The minimum Gasteiger partial charge on any atom is -0.479 e. The Morgan fingerprint density at radius 3 is 2.30 bits per heavy atom. The molecule has 0 spiro atoms. The molecule has 0 bridgehead atoms. The zero-order valence-electron chi connectivity index (χ0n) is 5.58. The molecule has 1 aliphatic carbocycles. The molecule has 1 unspecified atom stereocenters. The summed E-state index contributed by atoms with van der Waals surface area (Å²) in [5.74, 6) is -1.16. The second-order valence-corrected chi connectivity index (χ2v) is 2.81. The molecule has 0 radical (unpaired) electrons. The number of carbonyl (C=O) groups is 1. The third-order valence-corrected chi connectivity index (χ3v) is 2.11. The van der Waals surface area contributed by atoms with Gasteiger partial charge in [-0.15, -0.1) is 0 Å². The van der Waals surface area contributed by atoms with Crippen LogP contribution in [0.1, 0.15) is 12.8 Å². The highest BCUT2D eigenvalue weighted by Crippen LogP contribution is 2.47. The molecule has 4 heteroatoms. The van der Waals surface area contributed by atoms with Crippen LogP contribution in [-0.2, 0) is 4.79 Å². The van der Waals surface area contributed by atoms with Crippen molar-refractivity contribution in [2.45, 2.75) is 18.9 Å². The normalized spacial score (nSPS) is 23.8. The Kier molecular flexibility index (Phi) is 1.66. The van der Waals surface area contributed by atoms with Crippen molar-refractivity contribution in [3.63, 3.8) is 0 Å². The summed E-state index contributed by atoms with van der Waals surface area (Å²) in [5, 5.41) is 17.4. The molecule has 0 aromatic carbocycles. The van der Waals surface area contributed by atoms with Crippen molar-refractivity contribution in [1.82, 2.24) is 0 Å². The van der Waals surface area contributed by atoms with E-state index in [0.29, 0.717) is 0 Å². The third kappa shape index (κ3) is 0.998. The minimum atomic E-state index is -1.27. The predicted octanol–water partition coefficient (Wildman–Crippen LogP) is -0.829. The van der Waals surface area contributed by atoms with Gasteiger partial charge in [-0.05, 0) is 12.8 Å².